The Morgan fingerprint density at radius 1 is 0.867 bits per heavy atom. The van der Waals surface area contributed by atoms with Crippen LogP contribution in [0, 0.1) is 0 Å². The minimum atomic E-state index is -0.286. The monoisotopic (exact) mass is 409 g/mol. The smallest absolute Gasteiger partial charge is 0.251 e. The third kappa shape index (κ3) is 6.88. The summed E-state index contributed by atoms with van der Waals surface area (Å²) in [5.74, 6) is 0.179. The highest BCUT2D eigenvalue weighted by atomic mass is 16.5. The Morgan fingerprint density at radius 2 is 1.50 bits per heavy atom. The van der Waals surface area contributed by atoms with Crippen molar-refractivity contribution >= 4 is 11.8 Å². The van der Waals surface area contributed by atoms with E-state index in [4.69, 9.17) is 4.74 Å². The highest BCUT2D eigenvalue weighted by Crippen LogP contribution is 2.14. The van der Waals surface area contributed by atoms with Crippen LogP contribution in [0.15, 0.2) is 48.5 Å². The van der Waals surface area contributed by atoms with Crippen LogP contribution >= 0.6 is 0 Å². The molecule has 6 heteroatoms. The Morgan fingerprint density at radius 3 is 2.13 bits per heavy atom. The van der Waals surface area contributed by atoms with Gasteiger partial charge in [0.15, 0.2) is 0 Å². The van der Waals surface area contributed by atoms with Crippen LogP contribution in [0.3, 0.4) is 0 Å². The molecule has 0 aliphatic carbocycles. The summed E-state index contributed by atoms with van der Waals surface area (Å²) in [5, 5.41) is 5.48. The number of hydrogen-bond acceptors (Lipinski definition) is 4. The molecule has 1 saturated heterocycles. The quantitative estimate of drug-likeness (QED) is 0.703. The number of amides is 2. The lowest BCUT2D eigenvalue weighted by atomic mass is 10.1. The number of nitrogens with one attached hydrogen (secondary N) is 2. The van der Waals surface area contributed by atoms with E-state index in [-0.39, 0.29) is 18.4 Å². The largest absolute Gasteiger partial charge is 0.497 e. The van der Waals surface area contributed by atoms with Crippen LogP contribution in [0.25, 0.3) is 0 Å². The van der Waals surface area contributed by atoms with Gasteiger partial charge < -0.3 is 15.4 Å². The van der Waals surface area contributed by atoms with Crippen molar-refractivity contribution in [2.75, 3.05) is 26.7 Å². The highest BCUT2D eigenvalue weighted by Gasteiger charge is 2.10. The normalized spacial score (nSPS) is 14.6. The van der Waals surface area contributed by atoms with Gasteiger partial charge in [-0.2, -0.15) is 0 Å². The number of nitrogens with zero attached hydrogens (tertiary/aromatic N) is 1. The zero-order valence-corrected chi connectivity index (χ0v) is 17.7. The lowest BCUT2D eigenvalue weighted by Crippen LogP contribution is -2.36. The van der Waals surface area contributed by atoms with Gasteiger partial charge in [0, 0.05) is 18.7 Å². The molecule has 1 aliphatic heterocycles. The van der Waals surface area contributed by atoms with Crippen molar-refractivity contribution in [3.63, 3.8) is 0 Å². The second-order valence-electron chi connectivity index (χ2n) is 7.69. The van der Waals surface area contributed by atoms with E-state index >= 15 is 0 Å². The third-order valence-corrected chi connectivity index (χ3v) is 5.38. The molecule has 0 aromatic heterocycles. The fraction of sp³-hybridized carbons (Fsp3) is 0.417. The minimum absolute atomic E-state index is 0.0576. The number of rotatable bonds is 8. The Hall–Kier alpha value is -2.86. The number of carbonyl (C=O) groups excluding carboxylic acids is 2. The Labute approximate surface area is 178 Å². The summed E-state index contributed by atoms with van der Waals surface area (Å²) in [7, 11) is 1.57. The molecular weight excluding hydrogens is 378 g/mol. The minimum Gasteiger partial charge on any atom is -0.497 e. The molecule has 2 amide bonds. The summed E-state index contributed by atoms with van der Waals surface area (Å²) in [6.45, 7) is 3.74. The van der Waals surface area contributed by atoms with Crippen molar-refractivity contribution in [2.24, 2.45) is 0 Å². The molecule has 2 aromatic rings. The van der Waals surface area contributed by atoms with Gasteiger partial charge in [-0.15, -0.1) is 0 Å². The molecular formula is C24H31N3O3. The van der Waals surface area contributed by atoms with Crippen LogP contribution in [0.2, 0.25) is 0 Å². The maximum absolute atomic E-state index is 12.1. The molecule has 30 heavy (non-hydrogen) atoms. The molecule has 6 nitrogen and oxygen atoms in total. The van der Waals surface area contributed by atoms with Crippen LogP contribution in [-0.4, -0.2) is 43.5 Å². The lowest BCUT2D eigenvalue weighted by Gasteiger charge is -2.19. The molecule has 0 spiro atoms. The number of methoxy groups -OCH3 is 1. The van der Waals surface area contributed by atoms with Gasteiger partial charge in [0.25, 0.3) is 5.91 Å². The maximum atomic E-state index is 12.1. The molecule has 160 valence electrons. The molecule has 0 saturated carbocycles. The van der Waals surface area contributed by atoms with Crippen LogP contribution in [0.5, 0.6) is 5.75 Å². The first-order valence-electron chi connectivity index (χ1n) is 10.6. The van der Waals surface area contributed by atoms with Gasteiger partial charge >= 0.3 is 0 Å². The van der Waals surface area contributed by atoms with Crippen molar-refractivity contribution < 1.29 is 14.3 Å². The molecule has 0 radical (unpaired) electrons. The van der Waals surface area contributed by atoms with E-state index in [2.05, 4.69) is 39.8 Å². The third-order valence-electron chi connectivity index (χ3n) is 5.38. The topological polar surface area (TPSA) is 70.7 Å². The van der Waals surface area contributed by atoms with Crippen molar-refractivity contribution in [1.82, 2.24) is 15.5 Å². The standard InChI is InChI=1S/C24H31N3O3/c1-30-22-12-10-21(11-13-22)24(29)26-17-23(28)25-16-19-6-8-20(9-7-19)18-27-14-4-2-3-5-15-27/h6-13H,2-5,14-18H2,1H3,(H,25,28)(H,26,29). The maximum Gasteiger partial charge on any atom is 0.251 e. The van der Waals surface area contributed by atoms with E-state index in [1.54, 1.807) is 31.4 Å². The fourth-order valence-electron chi connectivity index (χ4n) is 3.58. The summed E-state index contributed by atoms with van der Waals surface area (Å²) in [5.41, 5.74) is 2.84. The molecule has 1 heterocycles. The molecule has 3 rings (SSSR count). The van der Waals surface area contributed by atoms with Crippen LogP contribution in [0.1, 0.15) is 47.2 Å². The molecule has 1 fully saturated rings. The van der Waals surface area contributed by atoms with Crippen molar-refractivity contribution in [3.8, 4) is 5.75 Å². The number of benzene rings is 2. The number of ether oxygens (including phenoxy) is 1. The second kappa shape index (κ2) is 11.4. The van der Waals surface area contributed by atoms with Crippen LogP contribution in [0.4, 0.5) is 0 Å². The average molecular weight is 410 g/mol. The van der Waals surface area contributed by atoms with E-state index in [1.807, 2.05) is 0 Å². The predicted molar refractivity (Wildman–Crippen MR) is 117 cm³/mol. The van der Waals surface area contributed by atoms with Gasteiger partial charge in [-0.3, -0.25) is 14.5 Å². The van der Waals surface area contributed by atoms with Gasteiger partial charge in [-0.1, -0.05) is 37.1 Å². The van der Waals surface area contributed by atoms with Gasteiger partial charge in [0.1, 0.15) is 5.75 Å². The van der Waals surface area contributed by atoms with Crippen LogP contribution in [-0.2, 0) is 17.9 Å². The van der Waals surface area contributed by atoms with E-state index in [1.165, 1.54) is 44.3 Å². The van der Waals surface area contributed by atoms with E-state index < -0.39 is 0 Å². The summed E-state index contributed by atoms with van der Waals surface area (Å²) in [4.78, 5) is 26.7. The number of carbonyl (C=O) groups is 2. The fourth-order valence-corrected chi connectivity index (χ4v) is 3.58. The van der Waals surface area contributed by atoms with E-state index in [9.17, 15) is 9.59 Å². The van der Waals surface area contributed by atoms with Crippen molar-refractivity contribution in [3.05, 3.63) is 65.2 Å². The molecule has 1 aliphatic rings. The van der Waals surface area contributed by atoms with Gasteiger partial charge in [0.05, 0.1) is 13.7 Å². The molecule has 0 bridgehead atoms. The first kappa shape index (κ1) is 21.8. The zero-order valence-electron chi connectivity index (χ0n) is 17.7. The van der Waals surface area contributed by atoms with E-state index in [0.717, 1.165) is 12.1 Å². The van der Waals surface area contributed by atoms with Gasteiger partial charge in [0.2, 0.25) is 5.91 Å². The summed E-state index contributed by atoms with van der Waals surface area (Å²) in [6.07, 6.45) is 5.27. The Kier molecular flexibility index (Phi) is 8.27. The molecule has 2 aromatic carbocycles. The predicted octanol–water partition coefficient (Wildman–Crippen LogP) is 3.12. The number of hydrogen-bond donors (Lipinski definition) is 2. The molecule has 2 N–H and O–H groups in total. The van der Waals surface area contributed by atoms with Gasteiger partial charge in [-0.25, -0.2) is 0 Å². The Bertz CT molecular complexity index is 811. The lowest BCUT2D eigenvalue weighted by molar-refractivity contribution is -0.120. The highest BCUT2D eigenvalue weighted by molar-refractivity contribution is 5.96. The van der Waals surface area contributed by atoms with Crippen molar-refractivity contribution in [1.29, 1.82) is 0 Å². The average Bonchev–Trinajstić information content (AvgIpc) is 3.05. The van der Waals surface area contributed by atoms with Crippen LogP contribution < -0.4 is 15.4 Å². The molecule has 0 atom stereocenters. The first-order valence-corrected chi connectivity index (χ1v) is 10.6. The summed E-state index contributed by atoms with van der Waals surface area (Å²) < 4.78 is 5.07. The zero-order chi connectivity index (χ0) is 21.2. The molecule has 0 unspecified atom stereocenters. The van der Waals surface area contributed by atoms with E-state index in [0.29, 0.717) is 17.9 Å². The summed E-state index contributed by atoms with van der Waals surface area (Å²) in [6, 6.07) is 15.2. The van der Waals surface area contributed by atoms with Crippen molar-refractivity contribution in [2.45, 2.75) is 38.8 Å². The first-order chi connectivity index (χ1) is 14.6. The summed E-state index contributed by atoms with van der Waals surface area (Å²) >= 11 is 0. The van der Waals surface area contributed by atoms with Gasteiger partial charge in [-0.05, 0) is 61.3 Å². The second-order valence-corrected chi connectivity index (χ2v) is 7.69. The SMILES string of the molecule is COc1ccc(C(=O)NCC(=O)NCc2ccc(CN3CCCCCC3)cc2)cc1. The Balaban J connectivity index is 1.39. The number of likely N-dealkylation sites (tertiary alicyclic amines) is 1.